The predicted octanol–water partition coefficient (Wildman–Crippen LogP) is 2.70. The smallest absolute Gasteiger partial charge is 0.167 e. The SMILES string of the molecule is CC(C)(N)c1c(Cl)ccc2c1OCCCO2. The number of nitrogens with two attached hydrogens (primary N) is 1. The Labute approximate surface area is 100 Å². The maximum Gasteiger partial charge on any atom is 0.167 e. The molecule has 0 fully saturated rings. The van der Waals surface area contributed by atoms with Crippen molar-refractivity contribution in [3.8, 4) is 11.5 Å². The summed E-state index contributed by atoms with van der Waals surface area (Å²) >= 11 is 6.18. The number of benzene rings is 1. The molecule has 2 rings (SSSR count). The van der Waals surface area contributed by atoms with Crippen LogP contribution in [0.25, 0.3) is 0 Å². The summed E-state index contributed by atoms with van der Waals surface area (Å²) in [5.74, 6) is 1.42. The van der Waals surface area contributed by atoms with E-state index >= 15 is 0 Å². The topological polar surface area (TPSA) is 44.5 Å². The Morgan fingerprint density at radius 3 is 2.62 bits per heavy atom. The molecule has 0 radical (unpaired) electrons. The summed E-state index contributed by atoms with van der Waals surface area (Å²) < 4.78 is 11.3. The average molecular weight is 242 g/mol. The Balaban J connectivity index is 2.58. The zero-order valence-electron chi connectivity index (χ0n) is 9.55. The predicted molar refractivity (Wildman–Crippen MR) is 64.3 cm³/mol. The van der Waals surface area contributed by atoms with E-state index in [2.05, 4.69) is 0 Å². The summed E-state index contributed by atoms with van der Waals surface area (Å²) in [5, 5.41) is 0.622. The highest BCUT2D eigenvalue weighted by molar-refractivity contribution is 6.31. The molecular formula is C12H16ClNO2. The van der Waals surface area contributed by atoms with E-state index in [1.165, 1.54) is 0 Å². The number of rotatable bonds is 1. The number of hydrogen-bond acceptors (Lipinski definition) is 3. The van der Waals surface area contributed by atoms with E-state index in [0.29, 0.717) is 24.0 Å². The third-order valence-corrected chi connectivity index (χ3v) is 2.82. The molecule has 0 aliphatic carbocycles. The summed E-state index contributed by atoms with van der Waals surface area (Å²) in [5.41, 5.74) is 6.38. The Morgan fingerprint density at radius 2 is 1.94 bits per heavy atom. The van der Waals surface area contributed by atoms with Gasteiger partial charge in [-0.15, -0.1) is 0 Å². The van der Waals surface area contributed by atoms with Gasteiger partial charge in [0.05, 0.1) is 13.2 Å². The number of fused-ring (bicyclic) bond motifs is 1. The van der Waals surface area contributed by atoms with E-state index in [1.54, 1.807) is 6.07 Å². The van der Waals surface area contributed by atoms with Gasteiger partial charge in [-0.2, -0.15) is 0 Å². The number of halogens is 1. The molecular weight excluding hydrogens is 226 g/mol. The molecule has 0 bridgehead atoms. The van der Waals surface area contributed by atoms with Crippen molar-refractivity contribution >= 4 is 11.6 Å². The molecule has 1 heterocycles. The molecule has 1 aromatic rings. The molecule has 0 saturated heterocycles. The van der Waals surface area contributed by atoms with Crippen molar-refractivity contribution in [2.75, 3.05) is 13.2 Å². The van der Waals surface area contributed by atoms with E-state index in [-0.39, 0.29) is 0 Å². The maximum atomic E-state index is 6.18. The number of ether oxygens (including phenoxy) is 2. The second-order valence-corrected chi connectivity index (χ2v) is 4.93. The molecule has 0 spiro atoms. The van der Waals surface area contributed by atoms with Crippen LogP contribution in [0.1, 0.15) is 25.8 Å². The van der Waals surface area contributed by atoms with E-state index < -0.39 is 5.54 Å². The van der Waals surface area contributed by atoms with E-state index in [1.807, 2.05) is 19.9 Å². The molecule has 88 valence electrons. The van der Waals surface area contributed by atoms with Crippen molar-refractivity contribution in [2.45, 2.75) is 25.8 Å². The van der Waals surface area contributed by atoms with Gasteiger partial charge in [-0.05, 0) is 26.0 Å². The van der Waals surface area contributed by atoms with Crippen LogP contribution in [0.5, 0.6) is 11.5 Å². The third-order valence-electron chi connectivity index (χ3n) is 2.51. The van der Waals surface area contributed by atoms with Crippen LogP contribution in [0.2, 0.25) is 5.02 Å². The van der Waals surface area contributed by atoms with Crippen LogP contribution in [-0.2, 0) is 5.54 Å². The van der Waals surface area contributed by atoms with Gasteiger partial charge in [-0.1, -0.05) is 11.6 Å². The maximum absolute atomic E-state index is 6.18. The highest BCUT2D eigenvalue weighted by Gasteiger charge is 2.27. The van der Waals surface area contributed by atoms with Crippen molar-refractivity contribution in [3.05, 3.63) is 22.7 Å². The minimum Gasteiger partial charge on any atom is -0.490 e. The highest BCUT2D eigenvalue weighted by Crippen LogP contribution is 2.42. The first-order valence-electron chi connectivity index (χ1n) is 5.37. The van der Waals surface area contributed by atoms with Crippen molar-refractivity contribution in [3.63, 3.8) is 0 Å². The lowest BCUT2D eigenvalue weighted by atomic mass is 9.94. The van der Waals surface area contributed by atoms with Gasteiger partial charge in [0.15, 0.2) is 11.5 Å². The fraction of sp³-hybridized carbons (Fsp3) is 0.500. The van der Waals surface area contributed by atoms with Crippen LogP contribution in [0.4, 0.5) is 0 Å². The van der Waals surface area contributed by atoms with E-state index in [4.69, 9.17) is 26.8 Å². The van der Waals surface area contributed by atoms with Gasteiger partial charge >= 0.3 is 0 Å². The van der Waals surface area contributed by atoms with Gasteiger partial charge in [0, 0.05) is 22.5 Å². The van der Waals surface area contributed by atoms with E-state index in [9.17, 15) is 0 Å². The van der Waals surface area contributed by atoms with Gasteiger partial charge in [0.2, 0.25) is 0 Å². The molecule has 1 aliphatic rings. The van der Waals surface area contributed by atoms with Crippen LogP contribution < -0.4 is 15.2 Å². The molecule has 0 amide bonds. The molecule has 1 aromatic carbocycles. The molecule has 0 atom stereocenters. The monoisotopic (exact) mass is 241 g/mol. The highest BCUT2D eigenvalue weighted by atomic mass is 35.5. The standard InChI is InChI=1S/C12H16ClNO2/c1-12(2,14)10-8(13)4-5-9-11(10)16-7-3-6-15-9/h4-5H,3,6-7,14H2,1-2H3. The van der Waals surface area contributed by atoms with Crippen LogP contribution in [-0.4, -0.2) is 13.2 Å². The first kappa shape index (κ1) is 11.6. The lowest BCUT2D eigenvalue weighted by molar-refractivity contribution is 0.294. The molecule has 16 heavy (non-hydrogen) atoms. The molecule has 2 N–H and O–H groups in total. The first-order chi connectivity index (χ1) is 7.50. The molecule has 0 saturated carbocycles. The zero-order chi connectivity index (χ0) is 11.8. The fourth-order valence-electron chi connectivity index (χ4n) is 1.81. The molecule has 4 heteroatoms. The Morgan fingerprint density at radius 1 is 1.25 bits per heavy atom. The molecule has 3 nitrogen and oxygen atoms in total. The van der Waals surface area contributed by atoms with Crippen LogP contribution >= 0.6 is 11.6 Å². The Hall–Kier alpha value is -0.930. The largest absolute Gasteiger partial charge is 0.490 e. The van der Waals surface area contributed by atoms with Crippen LogP contribution in [0.3, 0.4) is 0 Å². The summed E-state index contributed by atoms with van der Waals surface area (Å²) in [6.07, 6.45) is 0.872. The minimum absolute atomic E-state index is 0.546. The Kier molecular flexibility index (Phi) is 3.00. The summed E-state index contributed by atoms with van der Waals surface area (Å²) in [7, 11) is 0. The fourth-order valence-corrected chi connectivity index (χ4v) is 2.20. The van der Waals surface area contributed by atoms with Crippen molar-refractivity contribution < 1.29 is 9.47 Å². The summed E-state index contributed by atoms with van der Waals surface area (Å²) in [4.78, 5) is 0. The van der Waals surface area contributed by atoms with Crippen molar-refractivity contribution in [1.82, 2.24) is 0 Å². The molecule has 0 aromatic heterocycles. The lowest BCUT2D eigenvalue weighted by Gasteiger charge is -2.24. The summed E-state index contributed by atoms with van der Waals surface area (Å²) in [6.45, 7) is 5.11. The summed E-state index contributed by atoms with van der Waals surface area (Å²) in [6, 6.07) is 3.64. The van der Waals surface area contributed by atoms with Gasteiger partial charge in [-0.25, -0.2) is 0 Å². The van der Waals surface area contributed by atoms with Crippen molar-refractivity contribution in [1.29, 1.82) is 0 Å². The second kappa shape index (κ2) is 4.15. The average Bonchev–Trinajstić information content (AvgIpc) is 2.40. The lowest BCUT2D eigenvalue weighted by Crippen LogP contribution is -2.29. The van der Waals surface area contributed by atoms with Crippen LogP contribution in [0.15, 0.2) is 12.1 Å². The van der Waals surface area contributed by atoms with Gasteiger partial charge in [-0.3, -0.25) is 0 Å². The van der Waals surface area contributed by atoms with Crippen molar-refractivity contribution in [2.24, 2.45) is 5.73 Å². The first-order valence-corrected chi connectivity index (χ1v) is 5.75. The minimum atomic E-state index is -0.546. The van der Waals surface area contributed by atoms with E-state index in [0.717, 1.165) is 17.7 Å². The zero-order valence-corrected chi connectivity index (χ0v) is 10.3. The quantitative estimate of drug-likeness (QED) is 0.822. The third kappa shape index (κ3) is 2.11. The van der Waals surface area contributed by atoms with Gasteiger partial charge in [0.1, 0.15) is 0 Å². The van der Waals surface area contributed by atoms with Gasteiger partial charge < -0.3 is 15.2 Å². The van der Waals surface area contributed by atoms with Crippen LogP contribution in [0, 0.1) is 0 Å². The Bertz CT molecular complexity index is 399. The molecule has 0 unspecified atom stereocenters. The normalized spacial score (nSPS) is 15.8. The number of hydrogen-bond donors (Lipinski definition) is 1. The molecule has 1 aliphatic heterocycles. The second-order valence-electron chi connectivity index (χ2n) is 4.52. The van der Waals surface area contributed by atoms with Gasteiger partial charge in [0.25, 0.3) is 0 Å².